The molecule has 11 heteroatoms. The van der Waals surface area contributed by atoms with Gasteiger partial charge in [-0.25, -0.2) is 0 Å². The maximum absolute atomic E-state index is 11.6. The molecule has 6 rings (SSSR count). The van der Waals surface area contributed by atoms with Crippen LogP contribution in [0.4, 0.5) is 5.69 Å². The van der Waals surface area contributed by atoms with Crippen molar-refractivity contribution in [2.45, 2.75) is 37.5 Å². The van der Waals surface area contributed by atoms with Crippen molar-refractivity contribution in [3.05, 3.63) is 99.9 Å². The second-order valence-electron chi connectivity index (χ2n) is 11.1. The number of hydrogen-bond donors (Lipinski definition) is 2. The van der Waals surface area contributed by atoms with E-state index in [1.807, 2.05) is 24.3 Å². The maximum atomic E-state index is 11.6. The van der Waals surface area contributed by atoms with Crippen molar-refractivity contribution in [3.8, 4) is 0 Å². The van der Waals surface area contributed by atoms with Crippen LogP contribution in [0.25, 0.3) is 37.7 Å². The third-order valence-corrected chi connectivity index (χ3v) is 11.8. The number of aryl methyl sites for hydroxylation is 1. The van der Waals surface area contributed by atoms with Crippen molar-refractivity contribution in [2.24, 2.45) is 0 Å². The van der Waals surface area contributed by atoms with Crippen LogP contribution in [0, 0.1) is 0 Å². The summed E-state index contributed by atoms with van der Waals surface area (Å²) < 4.78 is 66.2. The van der Waals surface area contributed by atoms with E-state index >= 15 is 0 Å². The average molecular weight is 680 g/mol. The van der Waals surface area contributed by atoms with Crippen LogP contribution in [0.3, 0.4) is 0 Å². The van der Waals surface area contributed by atoms with Crippen LogP contribution < -0.4 is 4.90 Å². The molecular weight excluding hydrogens is 647 g/mol. The Labute approximate surface area is 271 Å². The van der Waals surface area contributed by atoms with Crippen molar-refractivity contribution < 1.29 is 25.9 Å². The number of rotatable bonds is 11. The number of nitrogens with zero attached hydrogens (tertiary/aromatic N) is 1. The highest BCUT2D eigenvalue weighted by molar-refractivity contribution is 8.03. The predicted octanol–water partition coefficient (Wildman–Crippen LogP) is 8.55. The fourth-order valence-corrected chi connectivity index (χ4v) is 9.36. The van der Waals surface area contributed by atoms with Gasteiger partial charge in [0, 0.05) is 31.8 Å². The molecule has 2 heterocycles. The van der Waals surface area contributed by atoms with Gasteiger partial charge in [-0.2, -0.15) is 16.8 Å². The lowest BCUT2D eigenvalue weighted by molar-refractivity contribution is 0.479. The molecule has 0 amide bonds. The maximum Gasteiger partial charge on any atom is 0.264 e. The third kappa shape index (κ3) is 7.14. The standard InChI is InChI=1S/C34H33NO6S4/c1-2-23(21-31-28(13-7-19-44(36,37)38)33-26-11-5-3-9-24(26)14-16-29(33)42-31)22-32-35(18-8-20-45(39,40)41)34-27-12-6-4-10-25(27)15-17-30(34)43-32/h3-6,9-12,14-17,21-22H,2,7-8,13,18-20H2,1H3,(H,36,37,38)(H,39,40,41)/b23-21-,32-22-. The fraction of sp³-hybridized carbons (Fsp3) is 0.235. The second kappa shape index (κ2) is 12.9. The predicted molar refractivity (Wildman–Crippen MR) is 189 cm³/mol. The molecule has 2 N–H and O–H groups in total. The van der Waals surface area contributed by atoms with Gasteiger partial charge in [0.05, 0.1) is 22.2 Å². The molecule has 5 aromatic rings. The quantitative estimate of drug-likeness (QED) is 0.134. The van der Waals surface area contributed by atoms with Crippen LogP contribution >= 0.6 is 23.1 Å². The van der Waals surface area contributed by atoms with E-state index in [4.69, 9.17) is 0 Å². The second-order valence-corrected chi connectivity index (χ2v) is 16.4. The first kappa shape index (κ1) is 31.8. The minimum absolute atomic E-state index is 0.270. The molecule has 0 spiro atoms. The SMILES string of the molecule is CCC(=C/c1sc2ccc3ccccc3c2c1CCCS(=O)(=O)O)/C=C1\Sc2ccc3ccccc3c2N1CCCS(=O)(=O)O. The molecule has 0 radical (unpaired) electrons. The minimum Gasteiger partial charge on any atom is -0.334 e. The summed E-state index contributed by atoms with van der Waals surface area (Å²) in [5.41, 5.74) is 3.17. The molecule has 45 heavy (non-hydrogen) atoms. The Morgan fingerprint density at radius 1 is 0.822 bits per heavy atom. The Balaban J connectivity index is 1.44. The largest absolute Gasteiger partial charge is 0.334 e. The van der Waals surface area contributed by atoms with E-state index in [9.17, 15) is 25.9 Å². The monoisotopic (exact) mass is 679 g/mol. The fourth-order valence-electron chi connectivity index (χ4n) is 5.93. The first-order chi connectivity index (χ1) is 21.5. The number of hydrogen-bond acceptors (Lipinski definition) is 7. The van der Waals surface area contributed by atoms with Gasteiger partial charge in [0.25, 0.3) is 20.2 Å². The number of fused-ring (bicyclic) bond motifs is 6. The number of allylic oxidation sites excluding steroid dienone is 2. The summed E-state index contributed by atoms with van der Waals surface area (Å²) in [4.78, 5) is 4.29. The zero-order valence-electron chi connectivity index (χ0n) is 24.6. The molecule has 0 atom stereocenters. The number of thiophene rings is 1. The average Bonchev–Trinajstić information content (AvgIpc) is 3.53. The molecule has 0 bridgehead atoms. The van der Waals surface area contributed by atoms with Gasteiger partial charge in [-0.05, 0) is 77.3 Å². The Bertz CT molecular complexity index is 2200. The van der Waals surface area contributed by atoms with Gasteiger partial charge in [-0.1, -0.05) is 79.3 Å². The summed E-state index contributed by atoms with van der Waals surface area (Å²) in [6, 6.07) is 24.7. The molecular formula is C34H33NO6S4. The normalized spacial score (nSPS) is 15.1. The summed E-state index contributed by atoms with van der Waals surface area (Å²) in [6.07, 6.45) is 6.13. The van der Waals surface area contributed by atoms with Crippen LogP contribution in [0.2, 0.25) is 0 Å². The van der Waals surface area contributed by atoms with Crippen LogP contribution in [0.15, 0.2) is 94.4 Å². The zero-order valence-corrected chi connectivity index (χ0v) is 27.9. The van der Waals surface area contributed by atoms with Gasteiger partial charge in [-0.3, -0.25) is 9.11 Å². The molecule has 7 nitrogen and oxygen atoms in total. The van der Waals surface area contributed by atoms with Gasteiger partial charge in [0.15, 0.2) is 0 Å². The molecule has 0 saturated heterocycles. The van der Waals surface area contributed by atoms with Gasteiger partial charge < -0.3 is 4.90 Å². The third-order valence-electron chi connectivity index (χ3n) is 7.97. The summed E-state index contributed by atoms with van der Waals surface area (Å²) in [6.45, 7) is 2.51. The molecule has 4 aromatic carbocycles. The van der Waals surface area contributed by atoms with Crippen molar-refractivity contribution in [2.75, 3.05) is 23.0 Å². The highest BCUT2D eigenvalue weighted by Gasteiger charge is 2.27. The Kier molecular flexibility index (Phi) is 9.11. The number of thioether (sulfide) groups is 1. The van der Waals surface area contributed by atoms with Crippen molar-refractivity contribution in [1.82, 2.24) is 0 Å². The van der Waals surface area contributed by atoms with E-state index in [1.165, 1.54) is 0 Å². The smallest absolute Gasteiger partial charge is 0.264 e. The van der Waals surface area contributed by atoms with Crippen LogP contribution in [0.1, 0.15) is 36.6 Å². The van der Waals surface area contributed by atoms with E-state index in [2.05, 4.69) is 72.5 Å². The number of benzene rings is 4. The van der Waals surface area contributed by atoms with E-state index in [0.29, 0.717) is 19.4 Å². The van der Waals surface area contributed by atoms with E-state index in [-0.39, 0.29) is 17.9 Å². The van der Waals surface area contributed by atoms with Crippen LogP contribution in [-0.4, -0.2) is 44.0 Å². The lowest BCUT2D eigenvalue weighted by Crippen LogP contribution is -2.22. The van der Waals surface area contributed by atoms with E-state index < -0.39 is 20.2 Å². The van der Waals surface area contributed by atoms with Gasteiger partial charge in [-0.15, -0.1) is 11.3 Å². The van der Waals surface area contributed by atoms with E-state index in [1.54, 1.807) is 23.1 Å². The van der Waals surface area contributed by atoms with Crippen molar-refractivity contribution in [1.29, 1.82) is 0 Å². The Morgan fingerprint density at radius 2 is 1.47 bits per heavy atom. The topological polar surface area (TPSA) is 112 Å². The molecule has 0 aliphatic carbocycles. The molecule has 1 aliphatic rings. The van der Waals surface area contributed by atoms with Gasteiger partial charge in [0.2, 0.25) is 0 Å². The molecule has 1 aromatic heterocycles. The van der Waals surface area contributed by atoms with Crippen LogP contribution in [-0.2, 0) is 26.7 Å². The first-order valence-electron chi connectivity index (χ1n) is 14.7. The zero-order chi connectivity index (χ0) is 31.8. The van der Waals surface area contributed by atoms with Gasteiger partial charge >= 0.3 is 0 Å². The molecule has 1 aliphatic heterocycles. The summed E-state index contributed by atoms with van der Waals surface area (Å²) >= 11 is 3.31. The summed E-state index contributed by atoms with van der Waals surface area (Å²) in [7, 11) is -8.17. The van der Waals surface area contributed by atoms with Crippen molar-refractivity contribution in [3.63, 3.8) is 0 Å². The lowest BCUT2D eigenvalue weighted by Gasteiger charge is -2.22. The Hall–Kier alpha value is -3.19. The van der Waals surface area contributed by atoms with Crippen LogP contribution in [0.5, 0.6) is 0 Å². The molecule has 234 valence electrons. The van der Waals surface area contributed by atoms with Gasteiger partial charge in [0.1, 0.15) is 0 Å². The molecule has 0 unspecified atom stereocenters. The first-order valence-corrected chi connectivity index (χ1v) is 19.6. The van der Waals surface area contributed by atoms with E-state index in [0.717, 1.165) is 69.7 Å². The number of anilines is 1. The Morgan fingerprint density at radius 3 is 2.18 bits per heavy atom. The van der Waals surface area contributed by atoms with Crippen molar-refractivity contribution >= 4 is 86.7 Å². The highest BCUT2D eigenvalue weighted by Crippen LogP contribution is 2.50. The lowest BCUT2D eigenvalue weighted by atomic mass is 9.99. The summed E-state index contributed by atoms with van der Waals surface area (Å²) in [5, 5.41) is 6.49. The highest BCUT2D eigenvalue weighted by atomic mass is 32.2. The summed E-state index contributed by atoms with van der Waals surface area (Å²) in [5.74, 6) is -0.620. The molecule has 0 fully saturated rings. The minimum atomic E-state index is -4.09. The molecule has 0 saturated carbocycles.